The molecule has 0 atom stereocenters. The fraction of sp³-hybridized carbons (Fsp3) is 0.429. The maximum Gasteiger partial charge on any atom is 0.246 e. The molecule has 3 rings (SSSR count). The number of para-hydroxylation sites is 1. The molecular formula is C21H28N2O3S. The summed E-state index contributed by atoms with van der Waals surface area (Å²) >= 11 is 0. The second kappa shape index (κ2) is 8.31. The van der Waals surface area contributed by atoms with Crippen LogP contribution in [0.25, 0.3) is 0 Å². The van der Waals surface area contributed by atoms with Crippen molar-refractivity contribution in [3.63, 3.8) is 0 Å². The SMILES string of the molecule is CCc1ccc(OC)c(S(=O)(=O)N2CCN(c3ccccc3CC)CC2)c1. The van der Waals surface area contributed by atoms with Gasteiger partial charge in [0.1, 0.15) is 10.6 Å². The van der Waals surface area contributed by atoms with E-state index in [4.69, 9.17) is 4.74 Å². The van der Waals surface area contributed by atoms with Gasteiger partial charge in [-0.05, 0) is 42.2 Å². The van der Waals surface area contributed by atoms with E-state index >= 15 is 0 Å². The highest BCUT2D eigenvalue weighted by molar-refractivity contribution is 7.89. The molecule has 0 saturated carbocycles. The second-order valence-electron chi connectivity index (χ2n) is 6.71. The number of rotatable bonds is 6. The number of piperazine rings is 1. The Labute approximate surface area is 162 Å². The van der Waals surface area contributed by atoms with E-state index in [1.165, 1.54) is 18.4 Å². The molecule has 1 aliphatic rings. The summed E-state index contributed by atoms with van der Waals surface area (Å²) < 4.78 is 33.4. The van der Waals surface area contributed by atoms with Crippen LogP contribution in [0.3, 0.4) is 0 Å². The van der Waals surface area contributed by atoms with Crippen LogP contribution in [-0.4, -0.2) is 46.0 Å². The van der Waals surface area contributed by atoms with Crippen molar-refractivity contribution in [2.24, 2.45) is 0 Å². The third-order valence-corrected chi connectivity index (χ3v) is 7.13. The predicted octanol–water partition coefficient (Wildman–Crippen LogP) is 3.33. The Morgan fingerprint density at radius 1 is 0.963 bits per heavy atom. The standard InChI is InChI=1S/C21H28N2O3S/c1-4-17-10-11-20(26-3)21(16-17)27(24,25)23-14-12-22(13-15-23)19-9-7-6-8-18(19)5-2/h6-11,16H,4-5,12-15H2,1-3H3. The zero-order valence-corrected chi connectivity index (χ0v) is 17.1. The molecule has 0 aliphatic carbocycles. The van der Waals surface area contributed by atoms with Crippen molar-refractivity contribution in [3.8, 4) is 5.75 Å². The number of hydrogen-bond acceptors (Lipinski definition) is 4. The minimum absolute atomic E-state index is 0.270. The molecule has 0 bridgehead atoms. The molecule has 0 amide bonds. The summed E-state index contributed by atoms with van der Waals surface area (Å²) in [6.07, 6.45) is 1.75. The fourth-order valence-electron chi connectivity index (χ4n) is 3.57. The van der Waals surface area contributed by atoms with E-state index < -0.39 is 10.0 Å². The molecular weight excluding hydrogens is 360 g/mol. The Morgan fingerprint density at radius 2 is 1.67 bits per heavy atom. The van der Waals surface area contributed by atoms with Gasteiger partial charge in [-0.1, -0.05) is 38.1 Å². The van der Waals surface area contributed by atoms with Crippen LogP contribution in [0.4, 0.5) is 5.69 Å². The van der Waals surface area contributed by atoms with E-state index in [0.29, 0.717) is 31.9 Å². The monoisotopic (exact) mass is 388 g/mol. The lowest BCUT2D eigenvalue weighted by atomic mass is 10.1. The van der Waals surface area contributed by atoms with Gasteiger partial charge < -0.3 is 9.64 Å². The molecule has 1 fully saturated rings. The zero-order chi connectivity index (χ0) is 19.4. The van der Waals surface area contributed by atoms with Crippen LogP contribution in [0, 0.1) is 0 Å². The Hall–Kier alpha value is -2.05. The van der Waals surface area contributed by atoms with Gasteiger partial charge in [0, 0.05) is 31.9 Å². The number of benzene rings is 2. The normalized spacial score (nSPS) is 15.7. The van der Waals surface area contributed by atoms with Gasteiger partial charge in [0.15, 0.2) is 0 Å². The van der Waals surface area contributed by atoms with Crippen molar-refractivity contribution in [2.75, 3.05) is 38.2 Å². The first-order valence-electron chi connectivity index (χ1n) is 9.51. The van der Waals surface area contributed by atoms with E-state index in [1.807, 2.05) is 19.1 Å². The highest BCUT2D eigenvalue weighted by Crippen LogP contribution is 2.30. The summed E-state index contributed by atoms with van der Waals surface area (Å²) in [4.78, 5) is 2.55. The number of anilines is 1. The Morgan fingerprint density at radius 3 is 2.30 bits per heavy atom. The van der Waals surface area contributed by atoms with Crippen LogP contribution >= 0.6 is 0 Å². The van der Waals surface area contributed by atoms with Gasteiger partial charge in [0.05, 0.1) is 7.11 Å². The van der Waals surface area contributed by atoms with Crippen LogP contribution in [-0.2, 0) is 22.9 Å². The van der Waals surface area contributed by atoms with E-state index in [2.05, 4.69) is 30.0 Å². The molecule has 1 heterocycles. The Balaban J connectivity index is 1.81. The molecule has 0 radical (unpaired) electrons. The predicted molar refractivity (Wildman–Crippen MR) is 109 cm³/mol. The van der Waals surface area contributed by atoms with Gasteiger partial charge in [-0.25, -0.2) is 8.42 Å². The zero-order valence-electron chi connectivity index (χ0n) is 16.3. The Bertz CT molecular complexity index is 888. The molecule has 0 aromatic heterocycles. The number of sulfonamides is 1. The van der Waals surface area contributed by atoms with Crippen LogP contribution in [0.1, 0.15) is 25.0 Å². The van der Waals surface area contributed by atoms with E-state index in [9.17, 15) is 8.42 Å². The topological polar surface area (TPSA) is 49.9 Å². The maximum absolute atomic E-state index is 13.2. The van der Waals surface area contributed by atoms with Crippen molar-refractivity contribution in [2.45, 2.75) is 31.6 Å². The summed E-state index contributed by atoms with van der Waals surface area (Å²) in [6, 6.07) is 13.8. The van der Waals surface area contributed by atoms with E-state index in [0.717, 1.165) is 18.4 Å². The Kier molecular flexibility index (Phi) is 6.07. The number of methoxy groups -OCH3 is 1. The average molecular weight is 389 g/mol. The smallest absolute Gasteiger partial charge is 0.246 e. The molecule has 2 aromatic carbocycles. The first-order valence-corrected chi connectivity index (χ1v) is 10.9. The second-order valence-corrected chi connectivity index (χ2v) is 8.62. The summed E-state index contributed by atoms with van der Waals surface area (Å²) in [6.45, 7) is 6.48. The van der Waals surface area contributed by atoms with Gasteiger partial charge >= 0.3 is 0 Å². The summed E-state index contributed by atoms with van der Waals surface area (Å²) in [5, 5.41) is 0. The third kappa shape index (κ3) is 3.96. The average Bonchev–Trinajstić information content (AvgIpc) is 2.73. The van der Waals surface area contributed by atoms with Crippen molar-refractivity contribution in [3.05, 3.63) is 53.6 Å². The third-order valence-electron chi connectivity index (χ3n) is 5.21. The molecule has 27 heavy (non-hydrogen) atoms. The highest BCUT2D eigenvalue weighted by atomic mass is 32.2. The molecule has 0 unspecified atom stereocenters. The molecule has 146 valence electrons. The lowest BCUT2D eigenvalue weighted by Gasteiger charge is -2.36. The molecule has 1 saturated heterocycles. The van der Waals surface area contributed by atoms with Crippen LogP contribution < -0.4 is 9.64 Å². The summed E-state index contributed by atoms with van der Waals surface area (Å²) in [5.41, 5.74) is 3.50. The lowest BCUT2D eigenvalue weighted by Crippen LogP contribution is -2.49. The summed E-state index contributed by atoms with van der Waals surface area (Å²) in [5.74, 6) is 0.408. The molecule has 5 nitrogen and oxygen atoms in total. The number of aryl methyl sites for hydroxylation is 2. The van der Waals surface area contributed by atoms with Crippen molar-refractivity contribution in [1.29, 1.82) is 0 Å². The number of hydrogen-bond donors (Lipinski definition) is 0. The van der Waals surface area contributed by atoms with Gasteiger partial charge in [-0.15, -0.1) is 0 Å². The quantitative estimate of drug-likeness (QED) is 0.762. The fourth-order valence-corrected chi connectivity index (χ4v) is 5.20. The van der Waals surface area contributed by atoms with Gasteiger partial charge in [0.25, 0.3) is 0 Å². The van der Waals surface area contributed by atoms with Gasteiger partial charge in [-0.3, -0.25) is 0 Å². The highest BCUT2D eigenvalue weighted by Gasteiger charge is 2.31. The molecule has 1 aliphatic heterocycles. The van der Waals surface area contributed by atoms with Crippen molar-refractivity contribution >= 4 is 15.7 Å². The van der Waals surface area contributed by atoms with Crippen LogP contribution in [0.15, 0.2) is 47.4 Å². The van der Waals surface area contributed by atoms with Crippen molar-refractivity contribution < 1.29 is 13.2 Å². The maximum atomic E-state index is 13.2. The molecule has 6 heteroatoms. The largest absolute Gasteiger partial charge is 0.495 e. The van der Waals surface area contributed by atoms with Crippen molar-refractivity contribution in [1.82, 2.24) is 4.31 Å². The first-order chi connectivity index (χ1) is 13.0. The van der Waals surface area contributed by atoms with Crippen LogP contribution in [0.5, 0.6) is 5.75 Å². The minimum atomic E-state index is -3.58. The van der Waals surface area contributed by atoms with Gasteiger partial charge in [0.2, 0.25) is 10.0 Å². The van der Waals surface area contributed by atoms with Gasteiger partial charge in [-0.2, -0.15) is 4.31 Å². The molecule has 2 aromatic rings. The van der Waals surface area contributed by atoms with Crippen LogP contribution in [0.2, 0.25) is 0 Å². The molecule has 0 N–H and O–H groups in total. The summed E-state index contributed by atoms with van der Waals surface area (Å²) in [7, 11) is -2.06. The lowest BCUT2D eigenvalue weighted by molar-refractivity contribution is 0.374. The number of nitrogens with zero attached hydrogens (tertiary/aromatic N) is 2. The molecule has 0 spiro atoms. The first kappa shape index (κ1) is 19.7. The van der Waals surface area contributed by atoms with E-state index in [1.54, 1.807) is 16.4 Å². The van der Waals surface area contributed by atoms with E-state index in [-0.39, 0.29) is 4.90 Å². The minimum Gasteiger partial charge on any atom is -0.495 e. The number of ether oxygens (including phenoxy) is 1.